The van der Waals surface area contributed by atoms with Crippen LogP contribution < -0.4 is 20.3 Å². The summed E-state index contributed by atoms with van der Waals surface area (Å²) in [5.74, 6) is -3.54. The third-order valence-electron chi connectivity index (χ3n) is 4.18. The minimum atomic E-state index is -1.16. The van der Waals surface area contributed by atoms with Crippen molar-refractivity contribution >= 4 is 34.8 Å². The average Bonchev–Trinajstić information content (AvgIpc) is 3.10. The van der Waals surface area contributed by atoms with Crippen molar-refractivity contribution in [2.45, 2.75) is 12.8 Å². The fraction of sp³-hybridized carbons (Fsp3) is 0.211. The van der Waals surface area contributed by atoms with Crippen molar-refractivity contribution in [1.29, 1.82) is 0 Å². The van der Waals surface area contributed by atoms with Crippen LogP contribution in [0.3, 0.4) is 0 Å². The molecule has 2 aromatic rings. The van der Waals surface area contributed by atoms with Crippen LogP contribution in [0, 0.1) is 11.6 Å². The Balaban J connectivity index is 1.72. The lowest BCUT2D eigenvalue weighted by atomic mass is 10.2. The second-order valence-corrected chi connectivity index (χ2v) is 6.07. The van der Waals surface area contributed by atoms with Crippen molar-refractivity contribution in [3.05, 3.63) is 48.0 Å². The van der Waals surface area contributed by atoms with Gasteiger partial charge in [0, 0.05) is 30.8 Å². The van der Waals surface area contributed by atoms with Gasteiger partial charge in [0.25, 0.3) is 0 Å². The molecule has 0 atom stereocenters. The van der Waals surface area contributed by atoms with Gasteiger partial charge in [-0.2, -0.15) is 0 Å². The van der Waals surface area contributed by atoms with Gasteiger partial charge in [0.2, 0.25) is 5.91 Å². The fourth-order valence-corrected chi connectivity index (χ4v) is 2.84. The highest BCUT2D eigenvalue weighted by Gasteiger charge is 2.25. The topological polar surface area (TPSA) is 87.7 Å². The minimum absolute atomic E-state index is 0.0217. The number of carbonyl (C=O) groups excluding carboxylic acids is 3. The smallest absolute Gasteiger partial charge is 0.314 e. The Labute approximate surface area is 159 Å². The number of halogens is 2. The molecule has 0 bridgehead atoms. The normalized spacial score (nSPS) is 13.4. The van der Waals surface area contributed by atoms with E-state index in [1.54, 1.807) is 11.0 Å². The molecule has 1 saturated heterocycles. The van der Waals surface area contributed by atoms with Gasteiger partial charge in [-0.3, -0.25) is 14.4 Å². The first-order valence-corrected chi connectivity index (χ1v) is 8.45. The molecule has 0 unspecified atom stereocenters. The summed E-state index contributed by atoms with van der Waals surface area (Å²) in [4.78, 5) is 37.5. The zero-order valence-electron chi connectivity index (χ0n) is 14.9. The van der Waals surface area contributed by atoms with Gasteiger partial charge in [-0.1, -0.05) is 0 Å². The van der Waals surface area contributed by atoms with Crippen molar-refractivity contribution in [2.75, 3.05) is 29.2 Å². The van der Waals surface area contributed by atoms with Crippen LogP contribution in [0.1, 0.15) is 12.8 Å². The van der Waals surface area contributed by atoms with Gasteiger partial charge in [-0.15, -0.1) is 0 Å². The molecule has 9 heteroatoms. The predicted octanol–water partition coefficient (Wildman–Crippen LogP) is 2.68. The number of methoxy groups -OCH3 is 1. The molecule has 7 nitrogen and oxygen atoms in total. The molecule has 3 amide bonds. The molecule has 0 aromatic heterocycles. The number of amides is 3. The monoisotopic (exact) mass is 389 g/mol. The van der Waals surface area contributed by atoms with E-state index >= 15 is 0 Å². The van der Waals surface area contributed by atoms with E-state index in [1.165, 1.54) is 19.2 Å². The molecule has 1 heterocycles. The van der Waals surface area contributed by atoms with Crippen LogP contribution in [0.4, 0.5) is 25.8 Å². The zero-order valence-corrected chi connectivity index (χ0v) is 14.9. The molecule has 1 aliphatic rings. The second-order valence-electron chi connectivity index (χ2n) is 6.07. The van der Waals surface area contributed by atoms with E-state index in [4.69, 9.17) is 4.74 Å². The van der Waals surface area contributed by atoms with E-state index in [9.17, 15) is 23.2 Å². The Morgan fingerprint density at radius 2 is 1.82 bits per heavy atom. The van der Waals surface area contributed by atoms with E-state index in [0.29, 0.717) is 24.4 Å². The minimum Gasteiger partial charge on any atom is -0.494 e. The van der Waals surface area contributed by atoms with E-state index in [2.05, 4.69) is 5.32 Å². The highest BCUT2D eigenvalue weighted by atomic mass is 19.1. The largest absolute Gasteiger partial charge is 0.494 e. The highest BCUT2D eigenvalue weighted by molar-refractivity contribution is 6.43. The van der Waals surface area contributed by atoms with Crippen LogP contribution >= 0.6 is 0 Å². The lowest BCUT2D eigenvalue weighted by Crippen LogP contribution is -2.29. The maximum Gasteiger partial charge on any atom is 0.314 e. The van der Waals surface area contributed by atoms with Crippen LogP contribution in [0.5, 0.6) is 5.75 Å². The summed E-state index contributed by atoms with van der Waals surface area (Å²) in [6.07, 6.45) is 1.20. The molecule has 28 heavy (non-hydrogen) atoms. The molecule has 2 N–H and O–H groups in total. The van der Waals surface area contributed by atoms with Crippen LogP contribution in [-0.2, 0) is 14.4 Å². The number of hydrogen-bond donors (Lipinski definition) is 2. The van der Waals surface area contributed by atoms with E-state index in [0.717, 1.165) is 24.6 Å². The van der Waals surface area contributed by atoms with Gasteiger partial charge in [-0.05, 0) is 30.7 Å². The highest BCUT2D eigenvalue weighted by Crippen LogP contribution is 2.33. The number of carbonyl (C=O) groups is 3. The first-order valence-electron chi connectivity index (χ1n) is 8.45. The molecule has 0 aliphatic carbocycles. The quantitative estimate of drug-likeness (QED) is 0.787. The summed E-state index contributed by atoms with van der Waals surface area (Å²) in [5, 5.41) is 4.36. The number of rotatable bonds is 4. The molecule has 1 aliphatic heterocycles. The number of hydrogen-bond acceptors (Lipinski definition) is 4. The summed E-state index contributed by atoms with van der Waals surface area (Å²) in [7, 11) is 1.42. The zero-order chi connectivity index (χ0) is 20.3. The van der Waals surface area contributed by atoms with Gasteiger partial charge in [-0.25, -0.2) is 8.78 Å². The first-order chi connectivity index (χ1) is 13.4. The average molecular weight is 389 g/mol. The van der Waals surface area contributed by atoms with Crippen molar-refractivity contribution in [3.8, 4) is 5.75 Å². The van der Waals surface area contributed by atoms with Crippen molar-refractivity contribution < 1.29 is 27.9 Å². The second kappa shape index (κ2) is 8.03. The molecule has 146 valence electrons. The van der Waals surface area contributed by atoms with Crippen LogP contribution in [0.15, 0.2) is 36.4 Å². The number of nitrogens with zero attached hydrogens (tertiary/aromatic N) is 1. The van der Waals surface area contributed by atoms with E-state index < -0.39 is 29.1 Å². The summed E-state index contributed by atoms with van der Waals surface area (Å²) in [6.45, 7) is 0.572. The lowest BCUT2D eigenvalue weighted by molar-refractivity contribution is -0.133. The van der Waals surface area contributed by atoms with E-state index in [-0.39, 0.29) is 11.6 Å². The molecule has 1 fully saturated rings. The molecule has 0 spiro atoms. The van der Waals surface area contributed by atoms with Crippen molar-refractivity contribution in [2.24, 2.45) is 0 Å². The van der Waals surface area contributed by atoms with Gasteiger partial charge in [0.05, 0.1) is 18.5 Å². The van der Waals surface area contributed by atoms with Crippen molar-refractivity contribution in [1.82, 2.24) is 0 Å². The van der Waals surface area contributed by atoms with Crippen LogP contribution in [0.25, 0.3) is 0 Å². The van der Waals surface area contributed by atoms with Crippen LogP contribution in [0.2, 0.25) is 0 Å². The summed E-state index contributed by atoms with van der Waals surface area (Å²) in [6, 6.07) is 7.08. The van der Waals surface area contributed by atoms with Crippen LogP contribution in [-0.4, -0.2) is 31.4 Å². The summed E-state index contributed by atoms with van der Waals surface area (Å²) >= 11 is 0. The van der Waals surface area contributed by atoms with E-state index in [1.807, 2.05) is 5.32 Å². The number of benzene rings is 2. The predicted molar refractivity (Wildman–Crippen MR) is 98.2 cm³/mol. The lowest BCUT2D eigenvalue weighted by Gasteiger charge is -2.19. The Kier molecular flexibility index (Phi) is 5.53. The molecule has 3 rings (SSSR count). The van der Waals surface area contributed by atoms with Gasteiger partial charge in [0.15, 0.2) is 0 Å². The molecule has 0 saturated carbocycles. The molecular weight excluding hydrogens is 372 g/mol. The van der Waals surface area contributed by atoms with Gasteiger partial charge >= 0.3 is 11.8 Å². The van der Waals surface area contributed by atoms with Gasteiger partial charge < -0.3 is 20.3 Å². The first kappa shape index (κ1) is 19.3. The fourth-order valence-electron chi connectivity index (χ4n) is 2.84. The number of anilines is 3. The Morgan fingerprint density at radius 3 is 2.50 bits per heavy atom. The maximum atomic E-state index is 13.6. The summed E-state index contributed by atoms with van der Waals surface area (Å²) < 4.78 is 32.0. The standard InChI is InChI=1S/C19H17F2N3O4/c1-28-16-10-12(5-7-15(16)24-8-2-3-17(24)25)22-18(26)19(27)23-14-9-11(20)4-6-13(14)21/h4-7,9-10H,2-3,8H2,1H3,(H,22,26)(H,23,27). The maximum absolute atomic E-state index is 13.6. The summed E-state index contributed by atoms with van der Waals surface area (Å²) in [5.41, 5.74) is 0.363. The van der Waals surface area contributed by atoms with Gasteiger partial charge in [0.1, 0.15) is 17.4 Å². The third kappa shape index (κ3) is 4.08. The number of nitrogens with one attached hydrogen (secondary N) is 2. The SMILES string of the molecule is COc1cc(NC(=O)C(=O)Nc2cc(F)ccc2F)ccc1N1CCCC1=O. The third-order valence-corrected chi connectivity index (χ3v) is 4.18. The Bertz CT molecular complexity index is 949. The Morgan fingerprint density at radius 1 is 1.07 bits per heavy atom. The number of ether oxygens (including phenoxy) is 1. The van der Waals surface area contributed by atoms with Crippen molar-refractivity contribution in [3.63, 3.8) is 0 Å². The Hall–Kier alpha value is -3.49. The molecule has 2 aromatic carbocycles. The molecule has 0 radical (unpaired) electrons. The molecular formula is C19H17F2N3O4.